The lowest BCUT2D eigenvalue weighted by atomic mass is 9.73. The lowest BCUT2D eigenvalue weighted by molar-refractivity contribution is -0.315. The second-order valence-corrected chi connectivity index (χ2v) is 17.0. The summed E-state index contributed by atoms with van der Waals surface area (Å²) in [5.74, 6) is -4.18. The fourth-order valence-electron chi connectivity index (χ4n) is 8.76. The SMILES string of the molecule is CCC1OC(=O)[C@H](C)C(O[C@H]2C[C@@](C)(OC)[C@@H](C)[C@H](C)O2)[C@H](C)[C@@H](O[C@@H]2O[C@H](C)C[C@H](N(C)C)[C@H]2O)[C@](C)(OC)C[C@@H](C)C(=O)[C@H](C)[C@@H](O)[C@]1(C)O. The standard InChI is InChI=1S/C39H71NO12/c1-16-28-39(11,45)33(43)22(4)30(41)20(2)18-38(10,47-15)34(52-36-31(42)27(40(12)13)17-21(3)48-36)23(5)32(24(6)35(44)50-28)51-29-19-37(9,46-14)25(7)26(8)49-29/h20-29,31-34,36,42-43,45H,16-19H2,1-15H3/t20-,21-,22+,23+,24-,25+,26+,27+,28?,29+,31-,32?,33-,34-,36+,37-,38-,39-/m1/s1. The number of rotatable bonds is 8. The lowest BCUT2D eigenvalue weighted by Gasteiger charge is -2.50. The van der Waals surface area contributed by atoms with E-state index in [1.165, 1.54) is 14.0 Å². The molecule has 3 heterocycles. The molecule has 0 amide bonds. The molecular weight excluding hydrogens is 674 g/mol. The zero-order valence-electron chi connectivity index (χ0n) is 34.5. The first kappa shape index (κ1) is 45.1. The predicted molar refractivity (Wildman–Crippen MR) is 194 cm³/mol. The van der Waals surface area contributed by atoms with Crippen LogP contribution in [-0.2, 0) is 42.7 Å². The molecule has 13 heteroatoms. The Kier molecular flexibility index (Phi) is 15.3. The molecular formula is C39H71NO12. The summed E-state index contributed by atoms with van der Waals surface area (Å²) in [5, 5.41) is 34.7. The zero-order chi connectivity index (χ0) is 39.7. The highest BCUT2D eigenvalue weighted by molar-refractivity contribution is 5.83. The number of cyclic esters (lactones) is 1. The minimum absolute atomic E-state index is 0.0472. The summed E-state index contributed by atoms with van der Waals surface area (Å²) in [6.07, 6.45) is -6.57. The Balaban J connectivity index is 2.22. The van der Waals surface area contributed by atoms with E-state index in [2.05, 4.69) is 6.92 Å². The molecule has 0 radical (unpaired) electrons. The van der Waals surface area contributed by atoms with Gasteiger partial charge >= 0.3 is 5.97 Å². The maximum atomic E-state index is 14.2. The van der Waals surface area contributed by atoms with Crippen LogP contribution in [0.3, 0.4) is 0 Å². The third-order valence-electron chi connectivity index (χ3n) is 12.9. The number of Topliss-reactive ketones (excluding diaryl/α,β-unsaturated/α-hetero) is 1. The molecule has 0 aliphatic carbocycles. The molecule has 0 saturated carbocycles. The van der Waals surface area contributed by atoms with Crippen molar-refractivity contribution in [2.24, 2.45) is 29.6 Å². The largest absolute Gasteiger partial charge is 0.459 e. The molecule has 52 heavy (non-hydrogen) atoms. The number of likely N-dealkylation sites (N-methyl/N-ethyl adjacent to an activating group) is 1. The third-order valence-corrected chi connectivity index (χ3v) is 12.9. The minimum atomic E-state index is -1.94. The summed E-state index contributed by atoms with van der Waals surface area (Å²) in [7, 11) is 6.99. The van der Waals surface area contributed by atoms with E-state index < -0.39 is 89.5 Å². The van der Waals surface area contributed by atoms with Gasteiger partial charge in [0.2, 0.25) is 0 Å². The van der Waals surface area contributed by atoms with Gasteiger partial charge in [-0.25, -0.2) is 0 Å². The van der Waals surface area contributed by atoms with Gasteiger partial charge < -0.3 is 53.4 Å². The van der Waals surface area contributed by atoms with Crippen LogP contribution in [0.15, 0.2) is 0 Å². The van der Waals surface area contributed by atoms with Gasteiger partial charge in [-0.3, -0.25) is 9.59 Å². The highest BCUT2D eigenvalue weighted by atomic mass is 16.7. The fourth-order valence-corrected chi connectivity index (χ4v) is 8.76. The number of hydrogen-bond donors (Lipinski definition) is 3. The average molecular weight is 746 g/mol. The highest BCUT2D eigenvalue weighted by Crippen LogP contribution is 2.42. The van der Waals surface area contributed by atoms with E-state index in [0.717, 1.165) is 0 Å². The summed E-state index contributed by atoms with van der Waals surface area (Å²) in [6.45, 7) is 19.9. The van der Waals surface area contributed by atoms with Gasteiger partial charge in [-0.05, 0) is 74.9 Å². The van der Waals surface area contributed by atoms with Crippen molar-refractivity contribution in [2.45, 2.75) is 180 Å². The van der Waals surface area contributed by atoms with E-state index in [9.17, 15) is 24.9 Å². The van der Waals surface area contributed by atoms with Crippen LogP contribution in [0.25, 0.3) is 0 Å². The Hall–Kier alpha value is -1.26. The Morgan fingerprint density at radius 2 is 1.46 bits per heavy atom. The summed E-state index contributed by atoms with van der Waals surface area (Å²) in [4.78, 5) is 30.2. The molecule has 3 rings (SSSR count). The smallest absolute Gasteiger partial charge is 0.311 e. The molecule has 3 N–H and O–H groups in total. The third kappa shape index (κ3) is 9.39. The Morgan fingerprint density at radius 3 is 2.00 bits per heavy atom. The molecule has 304 valence electrons. The number of nitrogens with zero attached hydrogens (tertiary/aromatic N) is 1. The van der Waals surface area contributed by atoms with Gasteiger partial charge in [-0.2, -0.15) is 0 Å². The summed E-state index contributed by atoms with van der Waals surface area (Å²) < 4.78 is 44.6. The molecule has 2 unspecified atom stereocenters. The quantitative estimate of drug-likeness (QED) is 0.309. The molecule has 3 saturated heterocycles. The van der Waals surface area contributed by atoms with Crippen LogP contribution in [0, 0.1) is 29.6 Å². The zero-order valence-corrected chi connectivity index (χ0v) is 34.5. The van der Waals surface area contributed by atoms with Crippen LogP contribution >= 0.6 is 0 Å². The number of methoxy groups -OCH3 is 2. The first-order valence-electron chi connectivity index (χ1n) is 19.2. The van der Waals surface area contributed by atoms with Gasteiger partial charge in [0.1, 0.15) is 23.6 Å². The topological polar surface area (TPSA) is 163 Å². The van der Waals surface area contributed by atoms with E-state index in [-0.39, 0.29) is 42.8 Å². The monoisotopic (exact) mass is 745 g/mol. The van der Waals surface area contributed by atoms with Gasteiger partial charge in [-0.15, -0.1) is 0 Å². The number of hydrogen-bond acceptors (Lipinski definition) is 13. The summed E-state index contributed by atoms with van der Waals surface area (Å²) in [5.41, 5.74) is -3.73. The van der Waals surface area contributed by atoms with Crippen molar-refractivity contribution in [1.82, 2.24) is 4.90 Å². The molecule has 0 aromatic heterocycles. The van der Waals surface area contributed by atoms with E-state index in [1.54, 1.807) is 34.8 Å². The van der Waals surface area contributed by atoms with Crippen molar-refractivity contribution in [1.29, 1.82) is 0 Å². The first-order chi connectivity index (χ1) is 24.0. The second kappa shape index (κ2) is 17.7. The van der Waals surface area contributed by atoms with Crippen LogP contribution in [0.4, 0.5) is 0 Å². The van der Waals surface area contributed by atoms with Crippen molar-refractivity contribution in [2.75, 3.05) is 28.3 Å². The maximum Gasteiger partial charge on any atom is 0.311 e. The number of carbonyl (C=O) groups excluding carboxylic acids is 2. The molecule has 13 nitrogen and oxygen atoms in total. The van der Waals surface area contributed by atoms with E-state index in [1.807, 2.05) is 53.6 Å². The normalized spacial score (nSPS) is 49.0. The van der Waals surface area contributed by atoms with Crippen LogP contribution in [0.2, 0.25) is 0 Å². The van der Waals surface area contributed by atoms with Gasteiger partial charge in [-0.1, -0.05) is 34.6 Å². The Labute approximate surface area is 312 Å². The number of aliphatic hydroxyl groups is 3. The van der Waals surface area contributed by atoms with Crippen molar-refractivity contribution in [3.8, 4) is 0 Å². The molecule has 3 aliphatic heterocycles. The number of carbonyl (C=O) groups is 2. The van der Waals surface area contributed by atoms with Crippen molar-refractivity contribution in [3.63, 3.8) is 0 Å². The van der Waals surface area contributed by atoms with Crippen molar-refractivity contribution in [3.05, 3.63) is 0 Å². The molecule has 0 spiro atoms. The van der Waals surface area contributed by atoms with E-state index in [0.29, 0.717) is 12.8 Å². The highest BCUT2D eigenvalue weighted by Gasteiger charge is 2.53. The number of aliphatic hydroxyl groups excluding tert-OH is 2. The first-order valence-corrected chi connectivity index (χ1v) is 19.2. The molecule has 18 atom stereocenters. The number of ketones is 1. The average Bonchev–Trinajstić information content (AvgIpc) is 3.09. The molecule has 3 aliphatic rings. The number of ether oxygens (including phenoxy) is 7. The summed E-state index contributed by atoms with van der Waals surface area (Å²) in [6, 6.07) is -0.259. The van der Waals surface area contributed by atoms with Crippen molar-refractivity contribution >= 4 is 11.8 Å². The molecule has 3 fully saturated rings. The van der Waals surface area contributed by atoms with Gasteiger partial charge in [0.15, 0.2) is 12.6 Å². The van der Waals surface area contributed by atoms with Gasteiger partial charge in [0, 0.05) is 50.4 Å². The minimum Gasteiger partial charge on any atom is -0.459 e. The van der Waals surface area contributed by atoms with Crippen LogP contribution in [-0.4, -0.2) is 138 Å². The predicted octanol–water partition coefficient (Wildman–Crippen LogP) is 3.71. The van der Waals surface area contributed by atoms with E-state index >= 15 is 0 Å². The van der Waals surface area contributed by atoms with Crippen LogP contribution < -0.4 is 0 Å². The molecule has 0 bridgehead atoms. The maximum absolute atomic E-state index is 14.2. The molecule has 0 aromatic rings. The lowest BCUT2D eigenvalue weighted by Crippen LogP contribution is -2.61. The van der Waals surface area contributed by atoms with E-state index in [4.69, 9.17) is 33.2 Å². The molecule has 0 aromatic carbocycles. The Morgan fingerprint density at radius 1 is 0.865 bits per heavy atom. The van der Waals surface area contributed by atoms with Crippen LogP contribution in [0.1, 0.15) is 102 Å². The number of esters is 1. The van der Waals surface area contributed by atoms with Crippen molar-refractivity contribution < 1.29 is 58.1 Å². The fraction of sp³-hybridized carbons (Fsp3) is 0.949. The second-order valence-electron chi connectivity index (χ2n) is 17.0. The summed E-state index contributed by atoms with van der Waals surface area (Å²) >= 11 is 0. The van der Waals surface area contributed by atoms with Gasteiger partial charge in [0.05, 0.1) is 47.6 Å². The van der Waals surface area contributed by atoms with Gasteiger partial charge in [0.25, 0.3) is 0 Å². The Bertz CT molecular complexity index is 1190. The van der Waals surface area contributed by atoms with Crippen LogP contribution in [0.5, 0.6) is 0 Å².